The summed E-state index contributed by atoms with van der Waals surface area (Å²) in [6.07, 6.45) is 1.91. The van der Waals surface area contributed by atoms with Crippen LogP contribution in [0.15, 0.2) is 30.5 Å². The first-order valence-electron chi connectivity index (χ1n) is 8.29. The second-order valence-electron chi connectivity index (χ2n) is 6.21. The molecule has 0 aliphatic carbocycles. The molecule has 1 heterocycles. The highest BCUT2D eigenvalue weighted by molar-refractivity contribution is 5.68. The zero-order chi connectivity index (χ0) is 18.8. The van der Waals surface area contributed by atoms with E-state index in [1.165, 1.54) is 16.7 Å². The predicted octanol–water partition coefficient (Wildman–Crippen LogP) is 3.89. The summed E-state index contributed by atoms with van der Waals surface area (Å²) in [5.41, 5.74) is 6.31. The first kappa shape index (κ1) is 17.8. The van der Waals surface area contributed by atoms with E-state index in [1.807, 2.05) is 18.3 Å². The third kappa shape index (κ3) is 3.10. The molecule has 0 spiro atoms. The summed E-state index contributed by atoms with van der Waals surface area (Å²) >= 11 is 0. The fourth-order valence-corrected chi connectivity index (χ4v) is 3.29. The van der Waals surface area contributed by atoms with E-state index >= 15 is 0 Å². The lowest BCUT2D eigenvalue weighted by atomic mass is 9.98. The van der Waals surface area contributed by atoms with Gasteiger partial charge in [-0.3, -0.25) is 0 Å². The summed E-state index contributed by atoms with van der Waals surface area (Å²) in [7, 11) is 4.76. The number of benzene rings is 2. The molecule has 0 unspecified atom stereocenters. The van der Waals surface area contributed by atoms with Crippen molar-refractivity contribution in [2.75, 3.05) is 21.3 Å². The highest BCUT2D eigenvalue weighted by Crippen LogP contribution is 2.39. The zero-order valence-corrected chi connectivity index (χ0v) is 16.0. The van der Waals surface area contributed by atoms with Gasteiger partial charge in [-0.1, -0.05) is 22.9 Å². The third-order valence-electron chi connectivity index (χ3n) is 4.34. The molecule has 0 saturated heterocycles. The van der Waals surface area contributed by atoms with E-state index in [1.54, 1.807) is 26.0 Å². The average molecular weight is 353 g/mol. The van der Waals surface area contributed by atoms with E-state index in [0.717, 1.165) is 16.9 Å². The largest absolute Gasteiger partial charge is 0.493 e. The van der Waals surface area contributed by atoms with E-state index in [4.69, 9.17) is 14.2 Å². The molecule has 26 heavy (non-hydrogen) atoms. The molecule has 136 valence electrons. The van der Waals surface area contributed by atoms with Crippen LogP contribution in [0.3, 0.4) is 0 Å². The van der Waals surface area contributed by atoms with Crippen LogP contribution in [0.2, 0.25) is 0 Å². The van der Waals surface area contributed by atoms with E-state index in [2.05, 4.69) is 43.2 Å². The smallest absolute Gasteiger partial charge is 0.203 e. The summed E-state index contributed by atoms with van der Waals surface area (Å²) in [4.78, 5) is 0. The Hall–Kier alpha value is -3.02. The van der Waals surface area contributed by atoms with Crippen LogP contribution in [-0.4, -0.2) is 36.3 Å². The van der Waals surface area contributed by atoms with Crippen molar-refractivity contribution >= 4 is 0 Å². The Bertz CT molecular complexity index is 899. The van der Waals surface area contributed by atoms with Gasteiger partial charge in [0.05, 0.1) is 33.2 Å². The number of hydrogen-bond acceptors (Lipinski definition) is 5. The molecule has 3 rings (SSSR count). The molecular formula is C20H23N3O3. The highest BCUT2D eigenvalue weighted by atomic mass is 16.5. The first-order chi connectivity index (χ1) is 12.5. The fraction of sp³-hybridized carbons (Fsp3) is 0.300. The average Bonchev–Trinajstić information content (AvgIpc) is 3.09. The Morgan fingerprint density at radius 2 is 1.38 bits per heavy atom. The number of aryl methyl sites for hydroxylation is 3. The van der Waals surface area contributed by atoms with Crippen LogP contribution in [0.4, 0.5) is 0 Å². The second-order valence-corrected chi connectivity index (χ2v) is 6.21. The number of nitrogens with zero attached hydrogens (tertiary/aromatic N) is 3. The van der Waals surface area contributed by atoms with Gasteiger partial charge >= 0.3 is 0 Å². The van der Waals surface area contributed by atoms with Gasteiger partial charge in [0.1, 0.15) is 5.69 Å². The summed E-state index contributed by atoms with van der Waals surface area (Å²) in [5, 5.41) is 8.66. The van der Waals surface area contributed by atoms with Crippen molar-refractivity contribution in [2.45, 2.75) is 20.8 Å². The number of rotatable bonds is 5. The van der Waals surface area contributed by atoms with Gasteiger partial charge in [0, 0.05) is 17.7 Å². The molecule has 0 atom stereocenters. The van der Waals surface area contributed by atoms with E-state index in [9.17, 15) is 0 Å². The zero-order valence-electron chi connectivity index (χ0n) is 16.0. The number of ether oxygens (including phenoxy) is 3. The minimum Gasteiger partial charge on any atom is -0.493 e. The normalized spacial score (nSPS) is 10.7. The van der Waals surface area contributed by atoms with E-state index < -0.39 is 0 Å². The van der Waals surface area contributed by atoms with Gasteiger partial charge in [-0.15, -0.1) is 5.10 Å². The molecule has 1 aromatic heterocycles. The molecule has 2 aromatic carbocycles. The van der Waals surface area contributed by atoms with Crippen LogP contribution >= 0.6 is 0 Å². The van der Waals surface area contributed by atoms with Gasteiger partial charge in [-0.2, -0.15) is 0 Å². The maximum Gasteiger partial charge on any atom is 0.203 e. The van der Waals surface area contributed by atoms with Crippen molar-refractivity contribution in [3.05, 3.63) is 47.2 Å². The monoisotopic (exact) mass is 353 g/mol. The topological polar surface area (TPSA) is 58.4 Å². The van der Waals surface area contributed by atoms with Crippen LogP contribution in [0.5, 0.6) is 17.2 Å². The molecule has 0 aliphatic rings. The predicted molar refractivity (Wildman–Crippen MR) is 101 cm³/mol. The first-order valence-corrected chi connectivity index (χ1v) is 8.29. The minimum atomic E-state index is 0.546. The lowest BCUT2D eigenvalue weighted by molar-refractivity contribution is 0.324. The molecule has 3 aromatic rings. The summed E-state index contributed by atoms with van der Waals surface area (Å²) in [6.45, 7) is 6.28. The van der Waals surface area contributed by atoms with Crippen LogP contribution in [0, 0.1) is 20.8 Å². The van der Waals surface area contributed by atoms with Crippen LogP contribution in [-0.2, 0) is 0 Å². The van der Waals surface area contributed by atoms with Crippen LogP contribution in [0.25, 0.3) is 16.9 Å². The van der Waals surface area contributed by atoms with Gasteiger partial charge in [0.25, 0.3) is 0 Å². The minimum absolute atomic E-state index is 0.546. The lowest BCUT2D eigenvalue weighted by Crippen LogP contribution is -2.00. The van der Waals surface area contributed by atoms with Crippen LogP contribution < -0.4 is 14.2 Å². The van der Waals surface area contributed by atoms with Crippen molar-refractivity contribution in [2.24, 2.45) is 0 Å². The van der Waals surface area contributed by atoms with Crippen molar-refractivity contribution in [3.63, 3.8) is 0 Å². The summed E-state index contributed by atoms with van der Waals surface area (Å²) in [6, 6.07) is 7.99. The molecule has 0 aliphatic heterocycles. The lowest BCUT2D eigenvalue weighted by Gasteiger charge is -2.13. The molecule has 0 N–H and O–H groups in total. The summed E-state index contributed by atoms with van der Waals surface area (Å²) in [5.74, 6) is 1.69. The molecule has 0 bridgehead atoms. The van der Waals surface area contributed by atoms with Gasteiger partial charge in [0.15, 0.2) is 11.5 Å². The third-order valence-corrected chi connectivity index (χ3v) is 4.34. The van der Waals surface area contributed by atoms with E-state index in [-0.39, 0.29) is 0 Å². The standard InChI is InChI=1S/C20H23N3O3/c1-12-7-13(2)19(14(3)8-12)16-11-23(22-21-16)15-9-17(24-4)20(26-6)18(10-15)25-5/h7-11H,1-6H3. The number of hydrogen-bond donors (Lipinski definition) is 0. The van der Waals surface area contributed by atoms with Crippen molar-refractivity contribution in [1.82, 2.24) is 15.0 Å². The number of methoxy groups -OCH3 is 3. The molecular weight excluding hydrogens is 330 g/mol. The van der Waals surface area contributed by atoms with Crippen molar-refractivity contribution < 1.29 is 14.2 Å². The van der Waals surface area contributed by atoms with Gasteiger partial charge in [-0.25, -0.2) is 4.68 Å². The Kier molecular flexibility index (Phi) is 4.84. The maximum absolute atomic E-state index is 5.42. The Morgan fingerprint density at radius 1 is 0.808 bits per heavy atom. The second kappa shape index (κ2) is 7.07. The molecule has 0 radical (unpaired) electrons. The van der Waals surface area contributed by atoms with E-state index in [0.29, 0.717) is 17.2 Å². The highest BCUT2D eigenvalue weighted by Gasteiger charge is 2.16. The Labute approximate surface area is 153 Å². The quantitative estimate of drug-likeness (QED) is 0.696. The molecule has 6 heteroatoms. The van der Waals surface area contributed by atoms with Gasteiger partial charge in [0.2, 0.25) is 5.75 Å². The van der Waals surface area contributed by atoms with Crippen molar-refractivity contribution in [3.8, 4) is 34.2 Å². The SMILES string of the molecule is COc1cc(-n2cc(-c3c(C)cc(C)cc3C)nn2)cc(OC)c1OC. The van der Waals surface area contributed by atoms with Gasteiger partial charge in [-0.05, 0) is 31.9 Å². The fourth-order valence-electron chi connectivity index (χ4n) is 3.29. The van der Waals surface area contributed by atoms with Gasteiger partial charge < -0.3 is 14.2 Å². The molecule has 0 fully saturated rings. The Morgan fingerprint density at radius 3 is 1.88 bits per heavy atom. The van der Waals surface area contributed by atoms with Crippen molar-refractivity contribution in [1.29, 1.82) is 0 Å². The Balaban J connectivity index is 2.09. The molecule has 0 saturated carbocycles. The molecule has 6 nitrogen and oxygen atoms in total. The van der Waals surface area contributed by atoms with Crippen LogP contribution in [0.1, 0.15) is 16.7 Å². The summed E-state index contributed by atoms with van der Waals surface area (Å²) < 4.78 is 17.9. The molecule has 0 amide bonds. The number of aromatic nitrogens is 3. The maximum atomic E-state index is 5.42.